The topological polar surface area (TPSA) is 38.8 Å². The molecule has 6 heteroatoms. The number of carbonyl (C=O) groups is 1. The molecule has 25 heavy (non-hydrogen) atoms. The van der Waals surface area contributed by atoms with Crippen LogP contribution in [0, 0.1) is 5.82 Å². The van der Waals surface area contributed by atoms with Crippen molar-refractivity contribution in [3.8, 4) is 0 Å². The largest absolute Gasteiger partial charge is 0.334 e. The normalized spacial score (nSPS) is 29.2. The summed E-state index contributed by atoms with van der Waals surface area (Å²) in [4.78, 5) is 19.5. The van der Waals surface area contributed by atoms with Crippen molar-refractivity contribution in [2.24, 2.45) is 0 Å². The predicted molar refractivity (Wildman–Crippen MR) is 95.0 cm³/mol. The van der Waals surface area contributed by atoms with Gasteiger partial charge < -0.3 is 15.1 Å². The average Bonchev–Trinajstić information content (AvgIpc) is 3.21. The number of benzene rings is 1. The number of rotatable bonds is 4. The predicted octanol–water partition coefficient (Wildman–Crippen LogP) is 1.54. The molecule has 2 bridgehead atoms. The van der Waals surface area contributed by atoms with Gasteiger partial charge in [0.05, 0.1) is 0 Å². The van der Waals surface area contributed by atoms with Crippen molar-refractivity contribution < 1.29 is 9.18 Å². The summed E-state index contributed by atoms with van der Waals surface area (Å²) >= 11 is 0. The third kappa shape index (κ3) is 3.96. The molecule has 0 saturated carbocycles. The van der Waals surface area contributed by atoms with Gasteiger partial charge in [-0.05, 0) is 37.0 Å². The monoisotopic (exact) mass is 346 g/mol. The van der Waals surface area contributed by atoms with Crippen LogP contribution in [0.3, 0.4) is 0 Å². The molecular formula is C19H27FN4O. The Labute approximate surface area is 148 Å². The fourth-order valence-corrected chi connectivity index (χ4v) is 4.32. The van der Waals surface area contributed by atoms with Crippen molar-refractivity contribution in [2.45, 2.75) is 31.3 Å². The van der Waals surface area contributed by atoms with Crippen molar-refractivity contribution in [3.63, 3.8) is 0 Å². The van der Waals surface area contributed by atoms with Gasteiger partial charge in [-0.3, -0.25) is 4.90 Å². The summed E-state index contributed by atoms with van der Waals surface area (Å²) in [5, 5.41) is 3.24. The molecule has 1 aromatic rings. The SMILES string of the molecule is O=C(NC1CCN(CCc2ccc(F)cc2)C1)N1CCN2CCC1C2. The average molecular weight is 346 g/mol. The van der Waals surface area contributed by atoms with Crippen LogP contribution in [-0.2, 0) is 6.42 Å². The molecule has 0 radical (unpaired) electrons. The summed E-state index contributed by atoms with van der Waals surface area (Å²) in [5.74, 6) is -0.184. The molecule has 3 heterocycles. The quantitative estimate of drug-likeness (QED) is 0.899. The van der Waals surface area contributed by atoms with E-state index >= 15 is 0 Å². The molecule has 1 aromatic carbocycles. The van der Waals surface area contributed by atoms with Crippen LogP contribution in [-0.4, -0.2) is 78.6 Å². The second-order valence-electron chi connectivity index (χ2n) is 7.55. The van der Waals surface area contributed by atoms with Gasteiger partial charge in [-0.1, -0.05) is 12.1 Å². The van der Waals surface area contributed by atoms with E-state index in [9.17, 15) is 9.18 Å². The van der Waals surface area contributed by atoms with Crippen LogP contribution < -0.4 is 5.32 Å². The molecule has 136 valence electrons. The van der Waals surface area contributed by atoms with E-state index in [2.05, 4.69) is 15.1 Å². The molecule has 4 rings (SSSR count). The molecule has 3 fully saturated rings. The molecule has 3 aliphatic rings. The van der Waals surface area contributed by atoms with Crippen LogP contribution in [0.2, 0.25) is 0 Å². The number of halogens is 1. The highest BCUT2D eigenvalue weighted by atomic mass is 19.1. The number of nitrogens with zero attached hydrogens (tertiary/aromatic N) is 3. The first kappa shape index (κ1) is 16.8. The third-order valence-electron chi connectivity index (χ3n) is 5.84. The molecule has 5 nitrogen and oxygen atoms in total. The van der Waals surface area contributed by atoms with Gasteiger partial charge in [-0.2, -0.15) is 0 Å². The molecule has 0 aromatic heterocycles. The third-order valence-corrected chi connectivity index (χ3v) is 5.84. The zero-order valence-electron chi connectivity index (χ0n) is 14.7. The van der Waals surface area contributed by atoms with Gasteiger partial charge >= 0.3 is 6.03 Å². The number of hydrogen-bond acceptors (Lipinski definition) is 3. The minimum atomic E-state index is -0.184. The maximum Gasteiger partial charge on any atom is 0.318 e. The van der Waals surface area contributed by atoms with Gasteiger partial charge in [-0.15, -0.1) is 0 Å². The number of likely N-dealkylation sites (tertiary alicyclic amines) is 1. The smallest absolute Gasteiger partial charge is 0.318 e. The van der Waals surface area contributed by atoms with E-state index in [0.29, 0.717) is 6.04 Å². The lowest BCUT2D eigenvalue weighted by atomic mass is 10.1. The lowest BCUT2D eigenvalue weighted by Gasteiger charge is -2.35. The van der Waals surface area contributed by atoms with Crippen LogP contribution in [0.5, 0.6) is 0 Å². The number of nitrogens with one attached hydrogen (secondary N) is 1. The zero-order chi connectivity index (χ0) is 17.2. The molecule has 3 atom stereocenters. The molecule has 2 amide bonds. The van der Waals surface area contributed by atoms with Gasteiger partial charge in [0.25, 0.3) is 0 Å². The van der Waals surface area contributed by atoms with Crippen LogP contribution in [0.4, 0.5) is 9.18 Å². The molecule has 0 aliphatic carbocycles. The Hall–Kier alpha value is -1.66. The minimum Gasteiger partial charge on any atom is -0.334 e. The highest BCUT2D eigenvalue weighted by Crippen LogP contribution is 2.21. The standard InChI is InChI=1S/C19H27FN4O/c20-16-3-1-15(2-4-16)5-8-22-9-6-17(13-22)21-19(25)24-12-11-23-10-7-18(24)14-23/h1-4,17-18H,5-14H2,(H,21,25). The number of carbonyl (C=O) groups excluding carboxylic acids is 1. The number of hydrogen-bond donors (Lipinski definition) is 1. The van der Waals surface area contributed by atoms with E-state index in [1.807, 2.05) is 17.0 Å². The van der Waals surface area contributed by atoms with E-state index in [4.69, 9.17) is 0 Å². The molecule has 3 saturated heterocycles. The summed E-state index contributed by atoms with van der Waals surface area (Å²) in [6, 6.07) is 7.52. The fraction of sp³-hybridized carbons (Fsp3) is 0.632. The van der Waals surface area contributed by atoms with Gasteiger partial charge in [0.15, 0.2) is 0 Å². The molecule has 0 spiro atoms. The Morgan fingerprint density at radius 2 is 1.92 bits per heavy atom. The Morgan fingerprint density at radius 3 is 2.76 bits per heavy atom. The van der Waals surface area contributed by atoms with Crippen molar-refractivity contribution >= 4 is 6.03 Å². The summed E-state index contributed by atoms with van der Waals surface area (Å²) in [7, 11) is 0. The van der Waals surface area contributed by atoms with Crippen molar-refractivity contribution in [1.29, 1.82) is 0 Å². The van der Waals surface area contributed by atoms with E-state index in [0.717, 1.165) is 70.6 Å². The lowest BCUT2D eigenvalue weighted by Crippen LogP contribution is -2.55. The van der Waals surface area contributed by atoms with Crippen LogP contribution in [0.1, 0.15) is 18.4 Å². The summed E-state index contributed by atoms with van der Waals surface area (Å²) in [6.07, 6.45) is 3.05. The highest BCUT2D eigenvalue weighted by Gasteiger charge is 2.36. The summed E-state index contributed by atoms with van der Waals surface area (Å²) in [6.45, 7) is 6.94. The van der Waals surface area contributed by atoms with Crippen molar-refractivity contribution in [2.75, 3.05) is 45.8 Å². The van der Waals surface area contributed by atoms with Crippen LogP contribution in [0.25, 0.3) is 0 Å². The Morgan fingerprint density at radius 1 is 1.08 bits per heavy atom. The van der Waals surface area contributed by atoms with E-state index < -0.39 is 0 Å². The Bertz CT molecular complexity index is 608. The number of piperazine rings is 1. The maximum atomic E-state index is 13.0. The Kier molecular flexibility index (Phi) is 4.90. The fourth-order valence-electron chi connectivity index (χ4n) is 4.32. The number of amides is 2. The minimum absolute atomic E-state index is 0.122. The van der Waals surface area contributed by atoms with Crippen molar-refractivity contribution in [3.05, 3.63) is 35.6 Å². The first-order valence-corrected chi connectivity index (χ1v) is 9.44. The van der Waals surface area contributed by atoms with Crippen LogP contribution >= 0.6 is 0 Å². The first-order chi connectivity index (χ1) is 12.2. The van der Waals surface area contributed by atoms with E-state index in [1.54, 1.807) is 0 Å². The maximum absolute atomic E-state index is 13.0. The number of fused-ring (bicyclic) bond motifs is 2. The van der Waals surface area contributed by atoms with Gasteiger partial charge in [0.2, 0.25) is 0 Å². The molecular weight excluding hydrogens is 319 g/mol. The molecule has 1 N–H and O–H groups in total. The Balaban J connectivity index is 1.22. The second kappa shape index (κ2) is 7.30. The molecule has 3 aliphatic heterocycles. The van der Waals surface area contributed by atoms with E-state index in [-0.39, 0.29) is 17.9 Å². The zero-order valence-corrected chi connectivity index (χ0v) is 14.7. The lowest BCUT2D eigenvalue weighted by molar-refractivity contribution is 0.140. The van der Waals surface area contributed by atoms with Crippen LogP contribution in [0.15, 0.2) is 24.3 Å². The summed E-state index contributed by atoms with van der Waals surface area (Å²) in [5.41, 5.74) is 1.16. The number of urea groups is 1. The van der Waals surface area contributed by atoms with Gasteiger partial charge in [0.1, 0.15) is 5.82 Å². The van der Waals surface area contributed by atoms with Gasteiger partial charge in [-0.25, -0.2) is 9.18 Å². The van der Waals surface area contributed by atoms with E-state index in [1.165, 1.54) is 12.1 Å². The van der Waals surface area contributed by atoms with Gasteiger partial charge in [0, 0.05) is 57.9 Å². The highest BCUT2D eigenvalue weighted by molar-refractivity contribution is 5.75. The second-order valence-corrected chi connectivity index (χ2v) is 7.55. The van der Waals surface area contributed by atoms with Crippen molar-refractivity contribution in [1.82, 2.24) is 20.0 Å². The molecule has 3 unspecified atom stereocenters. The first-order valence-electron chi connectivity index (χ1n) is 9.44. The summed E-state index contributed by atoms with van der Waals surface area (Å²) < 4.78 is 13.0.